The molecule has 4 unspecified atom stereocenters. The van der Waals surface area contributed by atoms with Gasteiger partial charge in [0.05, 0.1) is 17.8 Å². The van der Waals surface area contributed by atoms with Crippen LogP contribution in [0.1, 0.15) is 43.4 Å². The molecular weight excluding hydrogens is 279 g/mol. The van der Waals surface area contributed by atoms with E-state index in [1.807, 2.05) is 6.92 Å². The number of fused-ring (bicyclic) bond motifs is 2. The van der Waals surface area contributed by atoms with E-state index in [1.165, 1.54) is 12.1 Å². The van der Waals surface area contributed by atoms with Crippen molar-refractivity contribution in [3.05, 3.63) is 35.4 Å². The first kappa shape index (κ1) is 14.9. The van der Waals surface area contributed by atoms with Gasteiger partial charge in [-0.25, -0.2) is 0 Å². The SMILES string of the molecule is CCNC(c1ccc(C(F)(F)F)cc1)C1CC2CCC1O2. The lowest BCUT2D eigenvalue weighted by Crippen LogP contribution is -2.33. The third-order valence-corrected chi connectivity index (χ3v) is 4.60. The number of alkyl halides is 3. The van der Waals surface area contributed by atoms with Gasteiger partial charge in [-0.15, -0.1) is 0 Å². The number of benzene rings is 1. The third kappa shape index (κ3) is 2.94. The average Bonchev–Trinajstić information content (AvgIpc) is 3.06. The van der Waals surface area contributed by atoms with Crippen LogP contribution in [0.5, 0.6) is 0 Å². The molecule has 2 bridgehead atoms. The molecule has 2 aliphatic heterocycles. The summed E-state index contributed by atoms with van der Waals surface area (Å²) in [5.41, 5.74) is 0.330. The Morgan fingerprint density at radius 2 is 1.95 bits per heavy atom. The minimum atomic E-state index is -4.28. The molecular formula is C16H20F3NO. The van der Waals surface area contributed by atoms with Gasteiger partial charge in [-0.1, -0.05) is 19.1 Å². The predicted octanol–water partition coefficient (Wildman–Crippen LogP) is 3.92. The van der Waals surface area contributed by atoms with Crippen molar-refractivity contribution in [2.75, 3.05) is 6.54 Å². The van der Waals surface area contributed by atoms with Crippen molar-refractivity contribution in [3.63, 3.8) is 0 Å². The lowest BCUT2D eigenvalue weighted by molar-refractivity contribution is -0.137. The molecule has 1 aromatic rings. The minimum absolute atomic E-state index is 0.0765. The molecule has 2 saturated heterocycles. The van der Waals surface area contributed by atoms with Crippen LogP contribution in [0, 0.1) is 5.92 Å². The molecule has 2 fully saturated rings. The fraction of sp³-hybridized carbons (Fsp3) is 0.625. The van der Waals surface area contributed by atoms with Crippen LogP contribution < -0.4 is 5.32 Å². The molecule has 0 aromatic heterocycles. The maximum absolute atomic E-state index is 12.7. The summed E-state index contributed by atoms with van der Waals surface area (Å²) in [7, 11) is 0. The molecule has 2 nitrogen and oxygen atoms in total. The first-order valence-corrected chi connectivity index (χ1v) is 7.55. The van der Waals surface area contributed by atoms with Crippen molar-refractivity contribution in [3.8, 4) is 0 Å². The third-order valence-electron chi connectivity index (χ3n) is 4.60. The summed E-state index contributed by atoms with van der Waals surface area (Å²) in [6, 6.07) is 5.62. The number of rotatable bonds is 4. The van der Waals surface area contributed by atoms with Crippen molar-refractivity contribution in [1.82, 2.24) is 5.32 Å². The molecule has 0 radical (unpaired) electrons. The summed E-state index contributed by atoms with van der Waals surface area (Å²) in [6.07, 6.45) is -0.493. The van der Waals surface area contributed by atoms with Gasteiger partial charge in [0.15, 0.2) is 0 Å². The van der Waals surface area contributed by atoms with Gasteiger partial charge in [0.25, 0.3) is 0 Å². The van der Waals surface area contributed by atoms with Crippen LogP contribution in [0.25, 0.3) is 0 Å². The van der Waals surface area contributed by atoms with Gasteiger partial charge in [0.2, 0.25) is 0 Å². The molecule has 2 heterocycles. The van der Waals surface area contributed by atoms with Gasteiger partial charge >= 0.3 is 6.18 Å². The highest BCUT2D eigenvalue weighted by Gasteiger charge is 2.44. The van der Waals surface area contributed by atoms with E-state index >= 15 is 0 Å². The fourth-order valence-electron chi connectivity index (χ4n) is 3.64. The molecule has 1 aromatic carbocycles. The zero-order chi connectivity index (χ0) is 15.0. The van der Waals surface area contributed by atoms with Gasteiger partial charge in [0, 0.05) is 12.0 Å². The summed E-state index contributed by atoms with van der Waals surface area (Å²) >= 11 is 0. The Kier molecular flexibility index (Phi) is 3.97. The number of hydrogen-bond acceptors (Lipinski definition) is 2. The summed E-state index contributed by atoms with van der Waals surface area (Å²) in [4.78, 5) is 0. The van der Waals surface area contributed by atoms with Crippen LogP contribution in [-0.2, 0) is 10.9 Å². The fourth-order valence-corrected chi connectivity index (χ4v) is 3.64. The molecule has 3 rings (SSSR count). The Balaban J connectivity index is 1.81. The van der Waals surface area contributed by atoms with E-state index < -0.39 is 11.7 Å². The van der Waals surface area contributed by atoms with Crippen LogP contribution in [-0.4, -0.2) is 18.8 Å². The molecule has 1 N–H and O–H groups in total. The number of hydrogen-bond donors (Lipinski definition) is 1. The standard InChI is InChI=1S/C16H20F3NO/c1-2-20-15(13-9-12-7-8-14(13)21-12)10-3-5-11(6-4-10)16(17,18)19/h3-6,12-15,20H,2,7-9H2,1H3. The van der Waals surface area contributed by atoms with Crippen molar-refractivity contribution < 1.29 is 17.9 Å². The number of nitrogens with one attached hydrogen (secondary N) is 1. The van der Waals surface area contributed by atoms with Crippen molar-refractivity contribution >= 4 is 0 Å². The van der Waals surface area contributed by atoms with Crippen LogP contribution >= 0.6 is 0 Å². The Bertz CT molecular complexity index is 485. The Labute approximate surface area is 122 Å². The largest absolute Gasteiger partial charge is 0.416 e. The van der Waals surface area contributed by atoms with E-state index in [0.29, 0.717) is 12.0 Å². The van der Waals surface area contributed by atoms with Gasteiger partial charge in [-0.3, -0.25) is 0 Å². The lowest BCUT2D eigenvalue weighted by atomic mass is 9.81. The normalized spacial score (nSPS) is 29.8. The van der Waals surface area contributed by atoms with Crippen molar-refractivity contribution in [2.24, 2.45) is 5.92 Å². The Hall–Kier alpha value is -1.07. The van der Waals surface area contributed by atoms with Gasteiger partial charge in [0.1, 0.15) is 0 Å². The zero-order valence-corrected chi connectivity index (χ0v) is 12.0. The summed E-state index contributed by atoms with van der Waals surface area (Å²) in [5.74, 6) is 0.362. The quantitative estimate of drug-likeness (QED) is 0.909. The van der Waals surface area contributed by atoms with E-state index in [-0.39, 0.29) is 12.1 Å². The minimum Gasteiger partial charge on any atom is -0.375 e. The van der Waals surface area contributed by atoms with E-state index in [9.17, 15) is 13.2 Å². The van der Waals surface area contributed by atoms with Gasteiger partial charge in [-0.05, 0) is 43.5 Å². The van der Waals surface area contributed by atoms with E-state index in [2.05, 4.69) is 5.32 Å². The highest BCUT2D eigenvalue weighted by atomic mass is 19.4. The second-order valence-electron chi connectivity index (χ2n) is 5.93. The van der Waals surface area contributed by atoms with E-state index in [1.54, 1.807) is 12.1 Å². The molecule has 116 valence electrons. The summed E-state index contributed by atoms with van der Waals surface area (Å²) in [5, 5.41) is 3.42. The topological polar surface area (TPSA) is 21.3 Å². The molecule has 21 heavy (non-hydrogen) atoms. The maximum Gasteiger partial charge on any atom is 0.416 e. The van der Waals surface area contributed by atoms with Crippen LogP contribution in [0.4, 0.5) is 13.2 Å². The predicted molar refractivity (Wildman–Crippen MR) is 73.9 cm³/mol. The lowest BCUT2D eigenvalue weighted by Gasteiger charge is -2.29. The molecule has 0 amide bonds. The molecule has 0 saturated carbocycles. The number of halogens is 3. The van der Waals surface area contributed by atoms with Gasteiger partial charge < -0.3 is 10.1 Å². The monoisotopic (exact) mass is 299 g/mol. The highest BCUT2D eigenvalue weighted by Crippen LogP contribution is 2.45. The molecule has 0 spiro atoms. The molecule has 4 atom stereocenters. The molecule has 0 aliphatic carbocycles. The first-order chi connectivity index (χ1) is 9.99. The van der Waals surface area contributed by atoms with Crippen LogP contribution in [0.2, 0.25) is 0 Å². The number of ether oxygens (including phenoxy) is 1. The Morgan fingerprint density at radius 3 is 2.43 bits per heavy atom. The van der Waals surface area contributed by atoms with Crippen LogP contribution in [0.3, 0.4) is 0 Å². The average molecular weight is 299 g/mol. The second kappa shape index (κ2) is 5.61. The maximum atomic E-state index is 12.7. The van der Waals surface area contributed by atoms with E-state index in [0.717, 1.165) is 31.4 Å². The van der Waals surface area contributed by atoms with Crippen molar-refractivity contribution in [2.45, 2.75) is 50.6 Å². The first-order valence-electron chi connectivity index (χ1n) is 7.55. The second-order valence-corrected chi connectivity index (χ2v) is 5.93. The molecule has 5 heteroatoms. The zero-order valence-electron chi connectivity index (χ0n) is 12.0. The summed E-state index contributed by atoms with van der Waals surface area (Å²) < 4.78 is 43.9. The van der Waals surface area contributed by atoms with Gasteiger partial charge in [-0.2, -0.15) is 13.2 Å². The smallest absolute Gasteiger partial charge is 0.375 e. The summed E-state index contributed by atoms with van der Waals surface area (Å²) in [6.45, 7) is 2.81. The van der Waals surface area contributed by atoms with E-state index in [4.69, 9.17) is 4.74 Å². The van der Waals surface area contributed by atoms with Crippen molar-refractivity contribution in [1.29, 1.82) is 0 Å². The van der Waals surface area contributed by atoms with Crippen LogP contribution in [0.15, 0.2) is 24.3 Å². The Morgan fingerprint density at radius 1 is 1.24 bits per heavy atom. The highest BCUT2D eigenvalue weighted by molar-refractivity contribution is 5.28. The molecule has 2 aliphatic rings.